The second-order valence-corrected chi connectivity index (χ2v) is 6.02. The molecule has 0 saturated carbocycles. The van der Waals surface area contributed by atoms with Crippen LogP contribution in [0.4, 0.5) is 0 Å². The first-order valence-corrected chi connectivity index (χ1v) is 7.15. The number of hydrogen-bond acceptors (Lipinski definition) is 3. The fourth-order valence-electron chi connectivity index (χ4n) is 2.09. The number of carbonyl (C=O) groups excluding carboxylic acids is 1. The number of hydrogen-bond donors (Lipinski definition) is 0. The van der Waals surface area contributed by atoms with Gasteiger partial charge in [0.05, 0.1) is 0 Å². The first-order chi connectivity index (χ1) is 9.94. The molecule has 0 aliphatic rings. The highest BCUT2D eigenvalue weighted by molar-refractivity contribution is 5.70. The Kier molecular flexibility index (Phi) is 4.73. The minimum absolute atomic E-state index is 0.156. The molecule has 0 amide bonds. The lowest BCUT2D eigenvalue weighted by molar-refractivity contribution is -0.154. The van der Waals surface area contributed by atoms with E-state index in [1.54, 1.807) is 12.4 Å². The number of carbonyl (C=O) groups is 1. The van der Waals surface area contributed by atoms with Gasteiger partial charge in [-0.15, -0.1) is 0 Å². The van der Waals surface area contributed by atoms with Crippen LogP contribution in [-0.2, 0) is 16.0 Å². The van der Waals surface area contributed by atoms with Crippen molar-refractivity contribution in [3.63, 3.8) is 0 Å². The molecule has 0 aliphatic heterocycles. The Labute approximate surface area is 126 Å². The molecule has 0 radical (unpaired) electrons. The minimum Gasteiger partial charge on any atom is -0.460 e. The van der Waals surface area contributed by atoms with Crippen LogP contribution in [0.25, 0.3) is 11.1 Å². The summed E-state index contributed by atoms with van der Waals surface area (Å²) in [5.41, 5.74) is 2.98. The Morgan fingerprint density at radius 3 is 2.48 bits per heavy atom. The van der Waals surface area contributed by atoms with Crippen molar-refractivity contribution in [1.29, 1.82) is 0 Å². The molecule has 1 aromatic heterocycles. The van der Waals surface area contributed by atoms with Crippen molar-refractivity contribution in [2.45, 2.75) is 39.2 Å². The minimum atomic E-state index is -0.421. The predicted octanol–water partition coefficient (Wildman–Crippen LogP) is 4.02. The van der Waals surface area contributed by atoms with Gasteiger partial charge in [0.1, 0.15) is 5.60 Å². The van der Waals surface area contributed by atoms with Crippen LogP contribution < -0.4 is 0 Å². The van der Waals surface area contributed by atoms with Gasteiger partial charge in [-0.3, -0.25) is 9.78 Å². The van der Waals surface area contributed by atoms with Crippen molar-refractivity contribution in [3.05, 3.63) is 54.4 Å². The molecule has 3 nitrogen and oxygen atoms in total. The van der Waals surface area contributed by atoms with E-state index < -0.39 is 5.60 Å². The van der Waals surface area contributed by atoms with Gasteiger partial charge in [-0.1, -0.05) is 24.3 Å². The van der Waals surface area contributed by atoms with Gasteiger partial charge in [0.2, 0.25) is 0 Å². The monoisotopic (exact) mass is 283 g/mol. The summed E-state index contributed by atoms with van der Waals surface area (Å²) < 4.78 is 5.33. The standard InChI is InChI=1S/C18H21NO2/c1-18(2,3)21-17(20)8-7-14-5-4-6-16(13-14)15-9-11-19-12-10-15/h4-6,9-13H,7-8H2,1-3H3. The summed E-state index contributed by atoms with van der Waals surface area (Å²) in [5.74, 6) is -0.156. The third kappa shape index (κ3) is 5.03. The van der Waals surface area contributed by atoms with E-state index in [0.717, 1.165) is 16.7 Å². The summed E-state index contributed by atoms with van der Waals surface area (Å²) in [6, 6.07) is 12.2. The number of rotatable bonds is 4. The van der Waals surface area contributed by atoms with Crippen molar-refractivity contribution in [2.24, 2.45) is 0 Å². The van der Waals surface area contributed by atoms with Gasteiger partial charge < -0.3 is 4.74 Å². The Morgan fingerprint density at radius 2 is 1.81 bits per heavy atom. The Hall–Kier alpha value is -2.16. The van der Waals surface area contributed by atoms with E-state index in [1.165, 1.54) is 0 Å². The number of esters is 1. The first-order valence-electron chi connectivity index (χ1n) is 7.15. The quantitative estimate of drug-likeness (QED) is 0.795. The average molecular weight is 283 g/mol. The maximum atomic E-state index is 11.8. The molecule has 0 unspecified atom stereocenters. The third-order valence-corrected chi connectivity index (χ3v) is 2.98. The van der Waals surface area contributed by atoms with Crippen LogP contribution in [0.1, 0.15) is 32.8 Å². The second kappa shape index (κ2) is 6.53. The van der Waals surface area contributed by atoms with Crippen LogP contribution >= 0.6 is 0 Å². The van der Waals surface area contributed by atoms with Crippen molar-refractivity contribution in [2.75, 3.05) is 0 Å². The predicted molar refractivity (Wildman–Crippen MR) is 83.8 cm³/mol. The molecule has 2 rings (SSSR count). The zero-order valence-electron chi connectivity index (χ0n) is 12.8. The van der Waals surface area contributed by atoms with Gasteiger partial charge >= 0.3 is 5.97 Å². The topological polar surface area (TPSA) is 39.2 Å². The Morgan fingerprint density at radius 1 is 1.10 bits per heavy atom. The SMILES string of the molecule is CC(C)(C)OC(=O)CCc1cccc(-c2ccncc2)c1. The van der Waals surface area contributed by atoms with E-state index in [0.29, 0.717) is 12.8 Å². The molecule has 0 spiro atoms. The molecule has 2 aromatic rings. The van der Waals surface area contributed by atoms with Gasteiger partial charge in [0.15, 0.2) is 0 Å². The van der Waals surface area contributed by atoms with E-state index in [9.17, 15) is 4.79 Å². The molecule has 0 atom stereocenters. The Balaban J connectivity index is 2.01. The van der Waals surface area contributed by atoms with Crippen LogP contribution in [0.3, 0.4) is 0 Å². The van der Waals surface area contributed by atoms with Crippen LogP contribution in [0.15, 0.2) is 48.8 Å². The number of ether oxygens (including phenoxy) is 1. The lowest BCUT2D eigenvalue weighted by Gasteiger charge is -2.19. The number of pyridine rings is 1. The molecule has 1 heterocycles. The number of aryl methyl sites for hydroxylation is 1. The summed E-state index contributed by atoms with van der Waals surface area (Å²) >= 11 is 0. The summed E-state index contributed by atoms with van der Waals surface area (Å²) in [6.45, 7) is 5.65. The lowest BCUT2D eigenvalue weighted by Crippen LogP contribution is -2.24. The molecule has 3 heteroatoms. The van der Waals surface area contributed by atoms with Gasteiger partial charge in [0.25, 0.3) is 0 Å². The average Bonchev–Trinajstić information content (AvgIpc) is 2.45. The maximum Gasteiger partial charge on any atom is 0.306 e. The molecule has 110 valence electrons. The van der Waals surface area contributed by atoms with E-state index in [4.69, 9.17) is 4.74 Å². The second-order valence-electron chi connectivity index (χ2n) is 6.02. The largest absolute Gasteiger partial charge is 0.460 e. The summed E-state index contributed by atoms with van der Waals surface area (Å²) in [6.07, 6.45) is 4.65. The highest BCUT2D eigenvalue weighted by Crippen LogP contribution is 2.20. The molecular formula is C18H21NO2. The Bertz CT molecular complexity index is 600. The van der Waals surface area contributed by atoms with Crippen LogP contribution in [0, 0.1) is 0 Å². The van der Waals surface area contributed by atoms with E-state index in [1.807, 2.05) is 45.0 Å². The van der Waals surface area contributed by atoms with E-state index in [-0.39, 0.29) is 5.97 Å². The zero-order chi connectivity index (χ0) is 15.3. The van der Waals surface area contributed by atoms with Crippen molar-refractivity contribution < 1.29 is 9.53 Å². The van der Waals surface area contributed by atoms with Gasteiger partial charge in [-0.2, -0.15) is 0 Å². The van der Waals surface area contributed by atoms with Crippen molar-refractivity contribution >= 4 is 5.97 Å². The van der Waals surface area contributed by atoms with Gasteiger partial charge in [-0.05, 0) is 56.0 Å². The molecule has 0 saturated heterocycles. The maximum absolute atomic E-state index is 11.8. The van der Waals surface area contributed by atoms with Crippen molar-refractivity contribution in [1.82, 2.24) is 4.98 Å². The summed E-state index contributed by atoms with van der Waals surface area (Å²) in [5, 5.41) is 0. The van der Waals surface area contributed by atoms with Crippen LogP contribution in [0.5, 0.6) is 0 Å². The van der Waals surface area contributed by atoms with E-state index >= 15 is 0 Å². The molecular weight excluding hydrogens is 262 g/mol. The smallest absolute Gasteiger partial charge is 0.306 e. The number of benzene rings is 1. The third-order valence-electron chi connectivity index (χ3n) is 2.98. The van der Waals surface area contributed by atoms with Crippen LogP contribution in [0.2, 0.25) is 0 Å². The van der Waals surface area contributed by atoms with Gasteiger partial charge in [-0.25, -0.2) is 0 Å². The molecule has 21 heavy (non-hydrogen) atoms. The molecule has 0 N–H and O–H groups in total. The van der Waals surface area contributed by atoms with Crippen LogP contribution in [-0.4, -0.2) is 16.6 Å². The highest BCUT2D eigenvalue weighted by atomic mass is 16.6. The molecule has 1 aromatic carbocycles. The molecule has 0 bridgehead atoms. The summed E-state index contributed by atoms with van der Waals surface area (Å²) in [7, 11) is 0. The lowest BCUT2D eigenvalue weighted by atomic mass is 10.0. The van der Waals surface area contributed by atoms with Crippen molar-refractivity contribution in [3.8, 4) is 11.1 Å². The van der Waals surface area contributed by atoms with Gasteiger partial charge in [0, 0.05) is 18.8 Å². The first kappa shape index (κ1) is 15.2. The highest BCUT2D eigenvalue weighted by Gasteiger charge is 2.15. The molecule has 0 fully saturated rings. The fraction of sp³-hybridized carbons (Fsp3) is 0.333. The number of nitrogens with zero attached hydrogens (tertiary/aromatic N) is 1. The van der Waals surface area contributed by atoms with E-state index in [2.05, 4.69) is 17.1 Å². The fourth-order valence-corrected chi connectivity index (χ4v) is 2.09. The summed E-state index contributed by atoms with van der Waals surface area (Å²) in [4.78, 5) is 15.8. The number of aromatic nitrogens is 1. The zero-order valence-corrected chi connectivity index (χ0v) is 12.8. The normalized spacial score (nSPS) is 11.2. The molecule has 0 aliphatic carbocycles.